The lowest BCUT2D eigenvalue weighted by Gasteiger charge is -2.34. The zero-order chi connectivity index (χ0) is 15.1. The molecule has 0 radical (unpaired) electrons. The van der Waals surface area contributed by atoms with Gasteiger partial charge in [-0.05, 0) is 24.6 Å². The maximum atomic E-state index is 9.15. The van der Waals surface area contributed by atoms with Crippen molar-refractivity contribution in [1.82, 2.24) is 10.2 Å². The molecule has 1 aliphatic rings. The van der Waals surface area contributed by atoms with Crippen molar-refractivity contribution in [3.05, 3.63) is 23.8 Å². The van der Waals surface area contributed by atoms with Gasteiger partial charge in [-0.2, -0.15) is 5.26 Å². The Hall–Kier alpha value is -1.77. The lowest BCUT2D eigenvalue weighted by molar-refractivity contribution is 0.175. The van der Waals surface area contributed by atoms with E-state index >= 15 is 0 Å². The van der Waals surface area contributed by atoms with E-state index in [2.05, 4.69) is 16.3 Å². The molecule has 1 fully saturated rings. The van der Waals surface area contributed by atoms with E-state index in [4.69, 9.17) is 14.7 Å². The Morgan fingerprint density at radius 3 is 2.71 bits per heavy atom. The third-order valence-corrected chi connectivity index (χ3v) is 3.75. The van der Waals surface area contributed by atoms with Gasteiger partial charge in [0.15, 0.2) is 11.5 Å². The molecule has 1 aromatic carbocycles. The van der Waals surface area contributed by atoms with Crippen LogP contribution in [0.2, 0.25) is 0 Å². The molecule has 0 spiro atoms. The van der Waals surface area contributed by atoms with Crippen molar-refractivity contribution in [3.8, 4) is 17.6 Å². The second-order valence-electron chi connectivity index (χ2n) is 5.01. The molecule has 0 amide bonds. The molecular weight excluding hydrogens is 266 g/mol. The summed E-state index contributed by atoms with van der Waals surface area (Å²) in [5, 5.41) is 12.5. The molecule has 5 nitrogen and oxygen atoms in total. The SMILES string of the molecule is CCOc1ccc([C@@H](CC#N)N2CCNCC2)cc1OC. The fraction of sp³-hybridized carbons (Fsp3) is 0.562. The van der Waals surface area contributed by atoms with Gasteiger partial charge in [0.05, 0.1) is 26.2 Å². The third kappa shape index (κ3) is 3.87. The predicted octanol–water partition coefficient (Wildman–Crippen LogP) is 1.95. The van der Waals surface area contributed by atoms with Crippen LogP contribution in [0.15, 0.2) is 18.2 Å². The summed E-state index contributed by atoms with van der Waals surface area (Å²) in [5.41, 5.74) is 1.11. The Kier molecular flexibility index (Phi) is 5.85. The molecule has 0 bridgehead atoms. The normalized spacial score (nSPS) is 17.0. The number of rotatable bonds is 6. The summed E-state index contributed by atoms with van der Waals surface area (Å²) >= 11 is 0. The van der Waals surface area contributed by atoms with Gasteiger partial charge in [-0.15, -0.1) is 0 Å². The van der Waals surface area contributed by atoms with Crippen LogP contribution >= 0.6 is 0 Å². The topological polar surface area (TPSA) is 57.5 Å². The number of nitrogens with one attached hydrogen (secondary N) is 1. The summed E-state index contributed by atoms with van der Waals surface area (Å²) in [7, 11) is 1.64. The zero-order valence-corrected chi connectivity index (χ0v) is 12.8. The molecule has 1 aliphatic heterocycles. The lowest BCUT2D eigenvalue weighted by atomic mass is 10.0. The fourth-order valence-corrected chi connectivity index (χ4v) is 2.70. The molecule has 1 heterocycles. The van der Waals surface area contributed by atoms with E-state index in [9.17, 15) is 0 Å². The Labute approximate surface area is 126 Å². The molecule has 0 unspecified atom stereocenters. The minimum Gasteiger partial charge on any atom is -0.493 e. The average Bonchev–Trinajstić information content (AvgIpc) is 2.54. The molecule has 5 heteroatoms. The number of hydrogen-bond donors (Lipinski definition) is 1. The first kappa shape index (κ1) is 15.6. The molecule has 1 N–H and O–H groups in total. The highest BCUT2D eigenvalue weighted by molar-refractivity contribution is 5.44. The van der Waals surface area contributed by atoms with Crippen molar-refractivity contribution >= 4 is 0 Å². The van der Waals surface area contributed by atoms with Crippen molar-refractivity contribution in [2.75, 3.05) is 39.9 Å². The summed E-state index contributed by atoms with van der Waals surface area (Å²) in [6, 6.07) is 8.39. The van der Waals surface area contributed by atoms with E-state index < -0.39 is 0 Å². The van der Waals surface area contributed by atoms with E-state index in [1.165, 1.54) is 0 Å². The van der Waals surface area contributed by atoms with Gasteiger partial charge >= 0.3 is 0 Å². The van der Waals surface area contributed by atoms with E-state index in [0.717, 1.165) is 43.2 Å². The summed E-state index contributed by atoms with van der Waals surface area (Å²) < 4.78 is 11.0. The van der Waals surface area contributed by atoms with Gasteiger partial charge in [-0.3, -0.25) is 4.90 Å². The molecule has 21 heavy (non-hydrogen) atoms. The Morgan fingerprint density at radius 2 is 2.10 bits per heavy atom. The van der Waals surface area contributed by atoms with Gasteiger partial charge in [0.1, 0.15) is 0 Å². The van der Waals surface area contributed by atoms with Crippen molar-refractivity contribution in [3.63, 3.8) is 0 Å². The summed E-state index contributed by atoms with van der Waals surface area (Å²) in [6.45, 7) is 6.41. The quantitative estimate of drug-likeness (QED) is 0.867. The van der Waals surface area contributed by atoms with Crippen LogP contribution in [0.4, 0.5) is 0 Å². The van der Waals surface area contributed by atoms with Gasteiger partial charge in [0.25, 0.3) is 0 Å². The minimum absolute atomic E-state index is 0.113. The molecule has 0 aromatic heterocycles. The third-order valence-electron chi connectivity index (χ3n) is 3.75. The highest BCUT2D eigenvalue weighted by Crippen LogP contribution is 2.33. The van der Waals surface area contributed by atoms with Crippen LogP contribution in [-0.2, 0) is 0 Å². The maximum absolute atomic E-state index is 9.15. The molecule has 114 valence electrons. The van der Waals surface area contributed by atoms with Gasteiger partial charge < -0.3 is 14.8 Å². The molecule has 1 aromatic rings. The smallest absolute Gasteiger partial charge is 0.161 e. The number of nitriles is 1. The number of benzene rings is 1. The minimum atomic E-state index is 0.113. The van der Waals surface area contributed by atoms with Crippen molar-refractivity contribution < 1.29 is 9.47 Å². The molecule has 2 rings (SSSR count). The van der Waals surface area contributed by atoms with Crippen LogP contribution < -0.4 is 14.8 Å². The highest BCUT2D eigenvalue weighted by Gasteiger charge is 2.23. The average molecular weight is 289 g/mol. The van der Waals surface area contributed by atoms with Crippen molar-refractivity contribution in [2.45, 2.75) is 19.4 Å². The summed E-state index contributed by atoms with van der Waals surface area (Å²) in [5.74, 6) is 1.48. The maximum Gasteiger partial charge on any atom is 0.161 e. The second kappa shape index (κ2) is 7.87. The van der Waals surface area contributed by atoms with Crippen LogP contribution in [0.3, 0.4) is 0 Å². The van der Waals surface area contributed by atoms with Crippen LogP contribution in [-0.4, -0.2) is 44.8 Å². The second-order valence-corrected chi connectivity index (χ2v) is 5.01. The molecule has 0 saturated carbocycles. The number of hydrogen-bond acceptors (Lipinski definition) is 5. The van der Waals surface area contributed by atoms with Crippen LogP contribution in [0.1, 0.15) is 24.9 Å². The first-order chi connectivity index (χ1) is 10.3. The van der Waals surface area contributed by atoms with Crippen molar-refractivity contribution in [1.29, 1.82) is 5.26 Å². The van der Waals surface area contributed by atoms with Gasteiger partial charge in [-0.25, -0.2) is 0 Å². The molecule has 0 aliphatic carbocycles. The van der Waals surface area contributed by atoms with Gasteiger partial charge in [0, 0.05) is 32.2 Å². The first-order valence-electron chi connectivity index (χ1n) is 7.42. The summed E-state index contributed by atoms with van der Waals surface area (Å²) in [6.07, 6.45) is 0.483. The Bertz CT molecular complexity index is 493. The van der Waals surface area contributed by atoms with E-state index in [1.807, 2.05) is 25.1 Å². The standard InChI is InChI=1S/C16H23N3O2/c1-3-21-15-5-4-13(12-16(15)20-2)14(6-7-17)19-10-8-18-9-11-19/h4-5,12,14,18H,3,6,8-11H2,1-2H3/t14-/m1/s1. The largest absolute Gasteiger partial charge is 0.493 e. The van der Waals surface area contributed by atoms with Crippen LogP contribution in [0, 0.1) is 11.3 Å². The fourth-order valence-electron chi connectivity index (χ4n) is 2.70. The molecule has 1 atom stereocenters. The van der Waals surface area contributed by atoms with E-state index in [1.54, 1.807) is 7.11 Å². The lowest BCUT2D eigenvalue weighted by Crippen LogP contribution is -2.45. The van der Waals surface area contributed by atoms with Gasteiger partial charge in [-0.1, -0.05) is 6.07 Å². The molecular formula is C16H23N3O2. The van der Waals surface area contributed by atoms with Crippen LogP contribution in [0.25, 0.3) is 0 Å². The van der Waals surface area contributed by atoms with Crippen LogP contribution in [0.5, 0.6) is 11.5 Å². The van der Waals surface area contributed by atoms with E-state index in [0.29, 0.717) is 13.0 Å². The van der Waals surface area contributed by atoms with Gasteiger partial charge in [0.2, 0.25) is 0 Å². The van der Waals surface area contributed by atoms with Crippen molar-refractivity contribution in [2.24, 2.45) is 0 Å². The number of piperazine rings is 1. The van der Waals surface area contributed by atoms with E-state index in [-0.39, 0.29) is 6.04 Å². The zero-order valence-electron chi connectivity index (χ0n) is 12.8. The predicted molar refractivity (Wildman–Crippen MR) is 81.6 cm³/mol. The number of methoxy groups -OCH3 is 1. The summed E-state index contributed by atoms with van der Waals surface area (Å²) in [4.78, 5) is 2.36. The monoisotopic (exact) mass is 289 g/mol. The Morgan fingerprint density at radius 1 is 1.33 bits per heavy atom. The Balaban J connectivity index is 2.25. The highest BCUT2D eigenvalue weighted by atomic mass is 16.5. The molecule has 1 saturated heterocycles. The number of nitrogens with zero attached hydrogens (tertiary/aromatic N) is 2. The first-order valence-corrected chi connectivity index (χ1v) is 7.42. The number of ether oxygens (including phenoxy) is 2.